The van der Waals surface area contributed by atoms with Crippen LogP contribution < -0.4 is 11.1 Å². The van der Waals surface area contributed by atoms with E-state index in [2.05, 4.69) is 5.32 Å². The molecule has 0 aliphatic rings. The third kappa shape index (κ3) is 7.99. The molecule has 0 spiro atoms. The van der Waals surface area contributed by atoms with Gasteiger partial charge in [-0.3, -0.25) is 9.59 Å². The van der Waals surface area contributed by atoms with Crippen molar-refractivity contribution in [3.8, 4) is 0 Å². The molecule has 102 valence electrons. The summed E-state index contributed by atoms with van der Waals surface area (Å²) in [6, 6.07) is -0.407. The number of nitrogens with two attached hydrogens (primary N) is 1. The molecule has 0 aromatic rings. The Hall–Kier alpha value is -0.810. The number of carbonyl (C=O) groups excluding carboxylic acids is 2. The molecule has 5 nitrogen and oxygen atoms in total. The molecule has 0 rings (SSSR count). The molecule has 0 aliphatic carbocycles. The quantitative estimate of drug-likeness (QED) is 0.705. The van der Waals surface area contributed by atoms with E-state index in [0.29, 0.717) is 25.8 Å². The average molecular weight is 266 g/mol. The van der Waals surface area contributed by atoms with Crippen LogP contribution in [0.3, 0.4) is 0 Å². The molecule has 0 fully saturated rings. The van der Waals surface area contributed by atoms with Gasteiger partial charge in [0.15, 0.2) is 0 Å². The van der Waals surface area contributed by atoms with Crippen molar-refractivity contribution in [2.24, 2.45) is 5.73 Å². The standard InChI is InChI=1S/C11H23N3O2.ClH/c1-4-6-9(12)11(16)14(3)8-5-7-10(15)13-2;/h9H,4-8,12H2,1-3H3,(H,13,15);1H. The fraction of sp³-hybridized carbons (Fsp3) is 0.818. The van der Waals surface area contributed by atoms with Crippen LogP contribution in [-0.2, 0) is 9.59 Å². The van der Waals surface area contributed by atoms with E-state index in [4.69, 9.17) is 5.73 Å². The number of rotatable bonds is 7. The Morgan fingerprint density at radius 3 is 2.47 bits per heavy atom. The fourth-order valence-electron chi connectivity index (χ4n) is 1.43. The molecular weight excluding hydrogens is 242 g/mol. The van der Waals surface area contributed by atoms with Crippen LogP contribution in [0.1, 0.15) is 32.6 Å². The predicted molar refractivity (Wildman–Crippen MR) is 71.1 cm³/mol. The van der Waals surface area contributed by atoms with Gasteiger partial charge in [0, 0.05) is 27.1 Å². The lowest BCUT2D eigenvalue weighted by molar-refractivity contribution is -0.132. The summed E-state index contributed by atoms with van der Waals surface area (Å²) in [6.45, 7) is 2.57. The maximum Gasteiger partial charge on any atom is 0.239 e. The minimum atomic E-state index is -0.407. The second-order valence-corrected chi connectivity index (χ2v) is 3.93. The zero-order chi connectivity index (χ0) is 12.6. The van der Waals surface area contributed by atoms with Gasteiger partial charge >= 0.3 is 0 Å². The average Bonchev–Trinajstić information content (AvgIpc) is 2.27. The third-order valence-corrected chi connectivity index (χ3v) is 2.47. The summed E-state index contributed by atoms with van der Waals surface area (Å²) in [5.74, 6) is -0.0440. The van der Waals surface area contributed by atoms with E-state index in [1.165, 1.54) is 0 Å². The molecule has 2 amide bonds. The molecule has 0 aromatic carbocycles. The van der Waals surface area contributed by atoms with Crippen LogP contribution in [0.5, 0.6) is 0 Å². The van der Waals surface area contributed by atoms with Crippen LogP contribution >= 0.6 is 12.4 Å². The maximum absolute atomic E-state index is 11.7. The summed E-state index contributed by atoms with van der Waals surface area (Å²) >= 11 is 0. The highest BCUT2D eigenvalue weighted by atomic mass is 35.5. The lowest BCUT2D eigenvalue weighted by atomic mass is 10.1. The van der Waals surface area contributed by atoms with Crippen LogP contribution in [0.4, 0.5) is 0 Å². The van der Waals surface area contributed by atoms with E-state index >= 15 is 0 Å². The first-order chi connectivity index (χ1) is 7.52. The van der Waals surface area contributed by atoms with Crippen molar-refractivity contribution in [3.63, 3.8) is 0 Å². The number of hydrogen-bond acceptors (Lipinski definition) is 3. The normalized spacial score (nSPS) is 11.3. The Bertz CT molecular complexity index is 237. The molecule has 0 bridgehead atoms. The van der Waals surface area contributed by atoms with Crippen molar-refractivity contribution in [1.29, 1.82) is 0 Å². The van der Waals surface area contributed by atoms with Gasteiger partial charge < -0.3 is 16.0 Å². The van der Waals surface area contributed by atoms with Gasteiger partial charge in [-0.25, -0.2) is 0 Å². The minimum Gasteiger partial charge on any atom is -0.359 e. The molecule has 17 heavy (non-hydrogen) atoms. The Morgan fingerprint density at radius 2 is 2.00 bits per heavy atom. The van der Waals surface area contributed by atoms with Gasteiger partial charge in [-0.1, -0.05) is 13.3 Å². The monoisotopic (exact) mass is 265 g/mol. The van der Waals surface area contributed by atoms with Crippen molar-refractivity contribution < 1.29 is 9.59 Å². The molecule has 6 heteroatoms. The Labute approximate surface area is 110 Å². The number of nitrogens with zero attached hydrogens (tertiary/aromatic N) is 1. The van der Waals surface area contributed by atoms with Gasteiger partial charge in [0.05, 0.1) is 6.04 Å². The Balaban J connectivity index is 0. The topological polar surface area (TPSA) is 75.4 Å². The van der Waals surface area contributed by atoms with E-state index in [1.807, 2.05) is 6.92 Å². The van der Waals surface area contributed by atoms with Gasteiger partial charge in [0.1, 0.15) is 0 Å². The molecule has 0 heterocycles. The van der Waals surface area contributed by atoms with Crippen molar-refractivity contribution >= 4 is 24.2 Å². The Kier molecular flexibility index (Phi) is 11.3. The van der Waals surface area contributed by atoms with E-state index in [-0.39, 0.29) is 24.2 Å². The van der Waals surface area contributed by atoms with E-state index in [1.54, 1.807) is 19.0 Å². The van der Waals surface area contributed by atoms with E-state index < -0.39 is 6.04 Å². The second-order valence-electron chi connectivity index (χ2n) is 3.93. The molecular formula is C11H24ClN3O2. The van der Waals surface area contributed by atoms with Crippen molar-refractivity contribution in [2.75, 3.05) is 20.6 Å². The number of nitrogens with one attached hydrogen (secondary N) is 1. The first kappa shape index (κ1) is 18.6. The lowest BCUT2D eigenvalue weighted by Gasteiger charge is -2.20. The summed E-state index contributed by atoms with van der Waals surface area (Å²) in [4.78, 5) is 24.2. The molecule has 1 unspecified atom stereocenters. The number of hydrogen-bond donors (Lipinski definition) is 2. The van der Waals surface area contributed by atoms with E-state index in [0.717, 1.165) is 6.42 Å². The van der Waals surface area contributed by atoms with Crippen molar-refractivity contribution in [2.45, 2.75) is 38.6 Å². The van der Waals surface area contributed by atoms with Gasteiger partial charge in [0.25, 0.3) is 0 Å². The van der Waals surface area contributed by atoms with Crippen LogP contribution in [0.2, 0.25) is 0 Å². The lowest BCUT2D eigenvalue weighted by Crippen LogP contribution is -2.42. The van der Waals surface area contributed by atoms with E-state index in [9.17, 15) is 9.59 Å². The zero-order valence-corrected chi connectivity index (χ0v) is 11.7. The molecule has 0 aliphatic heterocycles. The molecule has 1 atom stereocenters. The second kappa shape index (κ2) is 10.4. The van der Waals surface area contributed by atoms with Crippen LogP contribution in [0.15, 0.2) is 0 Å². The predicted octanol–water partition coefficient (Wildman–Crippen LogP) is 0.520. The SMILES string of the molecule is CCCC(N)C(=O)N(C)CCCC(=O)NC.Cl. The highest BCUT2D eigenvalue weighted by Gasteiger charge is 2.16. The first-order valence-electron chi connectivity index (χ1n) is 5.74. The number of amides is 2. The van der Waals surface area contributed by atoms with Crippen LogP contribution in [-0.4, -0.2) is 43.4 Å². The first-order valence-corrected chi connectivity index (χ1v) is 5.74. The molecule has 0 saturated carbocycles. The molecule has 0 aromatic heterocycles. The third-order valence-electron chi connectivity index (χ3n) is 2.47. The summed E-state index contributed by atoms with van der Waals surface area (Å²) in [5.41, 5.74) is 5.72. The maximum atomic E-state index is 11.7. The summed E-state index contributed by atoms with van der Waals surface area (Å²) in [5, 5.41) is 2.54. The van der Waals surface area contributed by atoms with Gasteiger partial charge in [-0.15, -0.1) is 12.4 Å². The molecule has 0 radical (unpaired) electrons. The van der Waals surface area contributed by atoms with Gasteiger partial charge in [-0.05, 0) is 12.8 Å². The van der Waals surface area contributed by atoms with Gasteiger partial charge in [-0.2, -0.15) is 0 Å². The van der Waals surface area contributed by atoms with Crippen LogP contribution in [0.25, 0.3) is 0 Å². The highest BCUT2D eigenvalue weighted by molar-refractivity contribution is 5.85. The van der Waals surface area contributed by atoms with Gasteiger partial charge in [0.2, 0.25) is 11.8 Å². The summed E-state index contributed by atoms with van der Waals surface area (Å²) in [7, 11) is 3.33. The highest BCUT2D eigenvalue weighted by Crippen LogP contribution is 2.00. The van der Waals surface area contributed by atoms with Crippen LogP contribution in [0, 0.1) is 0 Å². The number of likely N-dealkylation sites (N-methyl/N-ethyl adjacent to an activating group) is 1. The fourth-order valence-corrected chi connectivity index (χ4v) is 1.43. The number of halogens is 1. The number of carbonyl (C=O) groups is 2. The van der Waals surface area contributed by atoms with Crippen molar-refractivity contribution in [1.82, 2.24) is 10.2 Å². The molecule has 3 N–H and O–H groups in total. The summed E-state index contributed by atoms with van der Waals surface area (Å²) < 4.78 is 0. The van der Waals surface area contributed by atoms with Crippen molar-refractivity contribution in [3.05, 3.63) is 0 Å². The Morgan fingerprint density at radius 1 is 1.41 bits per heavy atom. The largest absolute Gasteiger partial charge is 0.359 e. The zero-order valence-electron chi connectivity index (χ0n) is 10.9. The molecule has 0 saturated heterocycles. The smallest absolute Gasteiger partial charge is 0.239 e. The summed E-state index contributed by atoms with van der Waals surface area (Å²) in [6.07, 6.45) is 2.72. The minimum absolute atomic E-state index is 0.